The molecule has 24 heavy (non-hydrogen) atoms. The lowest BCUT2D eigenvalue weighted by Crippen LogP contribution is -1.83. The lowest BCUT2D eigenvalue weighted by atomic mass is 10.1. The van der Waals surface area contributed by atoms with Crippen molar-refractivity contribution < 1.29 is 9.21 Å². The van der Waals surface area contributed by atoms with Crippen molar-refractivity contribution >= 4 is 17.9 Å². The third kappa shape index (κ3) is 4.33. The number of halogens is 1. The van der Waals surface area contributed by atoms with Gasteiger partial charge in [-0.25, -0.2) is 4.98 Å². The molecule has 0 atom stereocenters. The first-order chi connectivity index (χ1) is 11.6. The largest absolute Gasteiger partial charge is 0.441 e. The predicted octanol–water partition coefficient (Wildman–Crippen LogP) is 5.50. The Hall–Kier alpha value is -2.39. The zero-order valence-corrected chi connectivity index (χ0v) is 14.8. The molecule has 0 amide bonds. The van der Waals surface area contributed by atoms with Gasteiger partial charge in [-0.3, -0.25) is 4.79 Å². The van der Waals surface area contributed by atoms with Crippen LogP contribution in [0.2, 0.25) is 0 Å². The Bertz CT molecular complexity index is 824. The molecule has 0 spiro atoms. The van der Waals surface area contributed by atoms with Gasteiger partial charge in [0.1, 0.15) is 12.0 Å². The van der Waals surface area contributed by atoms with Crippen LogP contribution in [0, 0.1) is 20.8 Å². The van der Waals surface area contributed by atoms with Crippen LogP contribution in [0.4, 0.5) is 0 Å². The Morgan fingerprint density at radius 3 is 2.12 bits per heavy atom. The number of alkyl halides is 1. The highest BCUT2D eigenvalue weighted by molar-refractivity contribution is 6.17. The lowest BCUT2D eigenvalue weighted by Gasteiger charge is -1.98. The molecule has 0 aliphatic heterocycles. The fourth-order valence-electron chi connectivity index (χ4n) is 2.20. The van der Waals surface area contributed by atoms with Crippen molar-refractivity contribution in [3.05, 3.63) is 76.7 Å². The van der Waals surface area contributed by atoms with E-state index in [4.69, 9.17) is 16.0 Å². The number of aromatic nitrogens is 1. The van der Waals surface area contributed by atoms with E-state index < -0.39 is 0 Å². The van der Waals surface area contributed by atoms with Crippen LogP contribution in [0.3, 0.4) is 0 Å². The van der Waals surface area contributed by atoms with Crippen LogP contribution >= 0.6 is 11.6 Å². The zero-order valence-electron chi connectivity index (χ0n) is 14.0. The molecule has 3 rings (SSSR count). The molecule has 0 saturated carbocycles. The molecule has 0 fully saturated rings. The van der Waals surface area contributed by atoms with Crippen LogP contribution in [0.15, 0.2) is 52.9 Å². The predicted molar refractivity (Wildman–Crippen MR) is 97.5 cm³/mol. The van der Waals surface area contributed by atoms with Gasteiger partial charge in [-0.1, -0.05) is 42.5 Å². The summed E-state index contributed by atoms with van der Waals surface area (Å²) < 4.78 is 5.58. The van der Waals surface area contributed by atoms with Crippen molar-refractivity contribution in [1.82, 2.24) is 4.98 Å². The normalized spacial score (nSPS) is 10.0. The van der Waals surface area contributed by atoms with Crippen LogP contribution in [0.1, 0.15) is 32.9 Å². The second-order valence-corrected chi connectivity index (χ2v) is 5.71. The highest BCUT2D eigenvalue weighted by atomic mass is 35.5. The molecule has 3 nitrogen and oxygen atoms in total. The second kappa shape index (κ2) is 8.46. The van der Waals surface area contributed by atoms with Crippen LogP contribution in [0.5, 0.6) is 0 Å². The van der Waals surface area contributed by atoms with E-state index >= 15 is 0 Å². The molecule has 1 aromatic heterocycles. The maximum Gasteiger partial charge on any atom is 0.226 e. The Kier molecular flexibility index (Phi) is 6.33. The molecule has 0 unspecified atom stereocenters. The van der Waals surface area contributed by atoms with Gasteiger partial charge in [0.05, 0.1) is 11.6 Å². The summed E-state index contributed by atoms with van der Waals surface area (Å²) in [4.78, 5) is 14.6. The van der Waals surface area contributed by atoms with E-state index in [0.717, 1.165) is 40.0 Å². The van der Waals surface area contributed by atoms with Gasteiger partial charge in [0, 0.05) is 11.1 Å². The van der Waals surface area contributed by atoms with Gasteiger partial charge in [-0.05, 0) is 38.0 Å². The fraction of sp³-hybridized carbons (Fsp3) is 0.200. The number of hydrogen-bond donors (Lipinski definition) is 0. The zero-order chi connectivity index (χ0) is 17.5. The van der Waals surface area contributed by atoms with Crippen LogP contribution < -0.4 is 0 Å². The van der Waals surface area contributed by atoms with E-state index in [0.29, 0.717) is 11.8 Å². The summed E-state index contributed by atoms with van der Waals surface area (Å²) in [5.74, 6) is 1.84. The minimum Gasteiger partial charge on any atom is -0.441 e. The maximum absolute atomic E-state index is 10.2. The molecule has 0 radical (unpaired) electrons. The molecule has 2 aromatic carbocycles. The Labute approximate surface area is 147 Å². The summed E-state index contributed by atoms with van der Waals surface area (Å²) in [6.45, 7) is 5.84. The number of carbonyl (C=O) groups excluding carboxylic acids is 1. The first-order valence-corrected chi connectivity index (χ1v) is 8.19. The van der Waals surface area contributed by atoms with Crippen molar-refractivity contribution in [2.45, 2.75) is 26.7 Å². The van der Waals surface area contributed by atoms with Gasteiger partial charge in [-0.15, -0.1) is 11.6 Å². The van der Waals surface area contributed by atoms with E-state index in [1.165, 1.54) is 0 Å². The molecule has 4 heteroatoms. The molecule has 0 saturated heterocycles. The quantitative estimate of drug-likeness (QED) is 0.466. The summed E-state index contributed by atoms with van der Waals surface area (Å²) in [5.41, 5.74) is 4.80. The first kappa shape index (κ1) is 18.0. The summed E-state index contributed by atoms with van der Waals surface area (Å²) in [6, 6.07) is 15.5. The highest BCUT2D eigenvalue weighted by Gasteiger charge is 2.11. The number of oxazole rings is 1. The molecule has 1 heterocycles. The Morgan fingerprint density at radius 1 is 1.00 bits per heavy atom. The molecule has 124 valence electrons. The van der Waals surface area contributed by atoms with E-state index in [2.05, 4.69) is 4.98 Å². The summed E-state index contributed by atoms with van der Waals surface area (Å²) in [6.07, 6.45) is 0.870. The molecular formula is C20H20ClNO2. The van der Waals surface area contributed by atoms with Crippen LogP contribution in [-0.2, 0) is 5.88 Å². The molecule has 0 N–H and O–H groups in total. The monoisotopic (exact) mass is 341 g/mol. The minimum atomic E-state index is 0.390. The molecule has 3 aromatic rings. The van der Waals surface area contributed by atoms with Gasteiger partial charge >= 0.3 is 0 Å². The third-order valence-electron chi connectivity index (χ3n) is 3.71. The van der Waals surface area contributed by atoms with E-state index in [1.54, 1.807) is 0 Å². The topological polar surface area (TPSA) is 43.1 Å². The van der Waals surface area contributed by atoms with Crippen molar-refractivity contribution in [1.29, 1.82) is 0 Å². The van der Waals surface area contributed by atoms with Gasteiger partial charge in [0.25, 0.3) is 0 Å². The Morgan fingerprint density at radius 2 is 1.62 bits per heavy atom. The molecular weight excluding hydrogens is 322 g/mol. The van der Waals surface area contributed by atoms with Crippen molar-refractivity contribution in [2.24, 2.45) is 0 Å². The van der Waals surface area contributed by atoms with Crippen molar-refractivity contribution in [3.63, 3.8) is 0 Å². The molecule has 0 bridgehead atoms. The number of aldehydes is 1. The van der Waals surface area contributed by atoms with Crippen LogP contribution in [-0.4, -0.2) is 11.3 Å². The smallest absolute Gasteiger partial charge is 0.226 e. The number of rotatable bonds is 3. The van der Waals surface area contributed by atoms with Gasteiger partial charge < -0.3 is 4.42 Å². The van der Waals surface area contributed by atoms with Gasteiger partial charge in [0.15, 0.2) is 0 Å². The number of carbonyl (C=O) groups is 1. The number of nitrogens with zero attached hydrogens (tertiary/aromatic N) is 1. The summed E-state index contributed by atoms with van der Waals surface area (Å²) >= 11 is 5.75. The minimum absolute atomic E-state index is 0.390. The number of benzene rings is 2. The van der Waals surface area contributed by atoms with Gasteiger partial charge in [-0.2, -0.15) is 0 Å². The SMILES string of the molecule is Cc1ccccc1-c1nc(CCl)c(C)o1.Cc1ccccc1C=O. The summed E-state index contributed by atoms with van der Waals surface area (Å²) in [5, 5.41) is 0. The van der Waals surface area contributed by atoms with E-state index in [-0.39, 0.29) is 0 Å². The maximum atomic E-state index is 10.2. The highest BCUT2D eigenvalue weighted by Crippen LogP contribution is 2.25. The number of hydrogen-bond acceptors (Lipinski definition) is 3. The van der Waals surface area contributed by atoms with E-state index in [9.17, 15) is 4.79 Å². The third-order valence-corrected chi connectivity index (χ3v) is 3.96. The average Bonchev–Trinajstić information content (AvgIpc) is 2.97. The van der Waals surface area contributed by atoms with Gasteiger partial charge in [0.2, 0.25) is 5.89 Å². The van der Waals surface area contributed by atoms with Crippen LogP contribution in [0.25, 0.3) is 11.5 Å². The first-order valence-electron chi connectivity index (χ1n) is 7.66. The summed E-state index contributed by atoms with van der Waals surface area (Å²) in [7, 11) is 0. The fourth-order valence-corrected chi connectivity index (χ4v) is 2.45. The lowest BCUT2D eigenvalue weighted by molar-refractivity contribution is 0.112. The Balaban J connectivity index is 0.000000198. The van der Waals surface area contributed by atoms with Crippen molar-refractivity contribution in [3.8, 4) is 11.5 Å². The van der Waals surface area contributed by atoms with Crippen molar-refractivity contribution in [2.75, 3.05) is 0 Å². The molecule has 0 aliphatic rings. The average molecular weight is 342 g/mol. The number of aryl methyl sites for hydroxylation is 3. The second-order valence-electron chi connectivity index (χ2n) is 5.44. The standard InChI is InChI=1S/C12H12ClNO.C8H8O/c1-8-5-3-4-6-10(8)12-14-11(7-13)9(2)15-12;1-7-4-2-3-5-8(7)6-9/h3-6H,7H2,1-2H3;2-6H,1H3. The molecule has 0 aliphatic carbocycles. The van der Waals surface area contributed by atoms with E-state index in [1.807, 2.05) is 69.3 Å².